The van der Waals surface area contributed by atoms with Crippen LogP contribution in [-0.2, 0) is 8.85 Å². The Morgan fingerprint density at radius 2 is 1.46 bits per heavy atom. The third kappa shape index (κ3) is 4.63. The summed E-state index contributed by atoms with van der Waals surface area (Å²) in [6.45, 7) is -0.129. The van der Waals surface area contributed by atoms with Crippen molar-refractivity contribution < 1.29 is 45.1 Å². The van der Waals surface area contributed by atoms with Crippen molar-refractivity contribution in [3.8, 4) is 5.75 Å². The lowest BCUT2D eigenvalue weighted by atomic mass is 10.2. The molecule has 6 nitrogen and oxygen atoms in total. The van der Waals surface area contributed by atoms with Gasteiger partial charge in [-0.15, -0.1) is 0 Å². The first-order valence-electron chi connectivity index (χ1n) is 6.46. The normalized spacial score (nSPS) is 11.5. The van der Waals surface area contributed by atoms with E-state index in [1.807, 2.05) is 5.32 Å². The highest BCUT2D eigenvalue weighted by molar-refractivity contribution is 6.59. The third-order valence-electron chi connectivity index (χ3n) is 2.94. The number of halogens is 5. The molecule has 12 heteroatoms. The number of ether oxygens (including phenoxy) is 1. The first-order chi connectivity index (χ1) is 11.2. The van der Waals surface area contributed by atoms with Crippen molar-refractivity contribution in [3.63, 3.8) is 0 Å². The highest BCUT2D eigenvalue weighted by Gasteiger charge is 2.33. The molecule has 0 fully saturated rings. The van der Waals surface area contributed by atoms with Crippen LogP contribution in [0.25, 0.3) is 0 Å². The molecule has 24 heavy (non-hydrogen) atoms. The van der Waals surface area contributed by atoms with Crippen molar-refractivity contribution in [3.05, 3.63) is 29.1 Å². The summed E-state index contributed by atoms with van der Waals surface area (Å²) in [7, 11) is -0.862. The molecule has 136 valence electrons. The molecule has 1 rings (SSSR count). The molecule has 0 saturated carbocycles. The molecule has 0 radical (unpaired) electrons. The van der Waals surface area contributed by atoms with Crippen LogP contribution in [-0.4, -0.2) is 40.5 Å². The molecule has 0 aliphatic heterocycles. The lowest BCUT2D eigenvalue weighted by Gasteiger charge is -2.19. The van der Waals surface area contributed by atoms with Crippen LogP contribution in [0.15, 0.2) is 0 Å². The van der Waals surface area contributed by atoms with E-state index >= 15 is 0 Å². The fraction of sp³-hybridized carbons (Fsp3) is 0.417. The molecule has 0 unspecified atom stereocenters. The minimum absolute atomic E-state index is 0.0583. The van der Waals surface area contributed by atoms with Crippen LogP contribution in [0.5, 0.6) is 5.75 Å². The van der Waals surface area contributed by atoms with Gasteiger partial charge >= 0.3 is 14.9 Å². The quantitative estimate of drug-likeness (QED) is 0.251. The average Bonchev–Trinajstić information content (AvgIpc) is 2.58. The van der Waals surface area contributed by atoms with E-state index in [2.05, 4.69) is 4.74 Å². The lowest BCUT2D eigenvalue weighted by molar-refractivity contribution is 0.150. The Balaban J connectivity index is 2.64. The molecule has 0 heterocycles. The molecule has 0 bridgehead atoms. The van der Waals surface area contributed by atoms with Crippen LogP contribution in [0, 0.1) is 29.1 Å². The number of carbonyl (C=O) groups excluding carboxylic acids is 1. The van der Waals surface area contributed by atoms with Gasteiger partial charge in [-0.05, 0) is 6.42 Å². The van der Waals surface area contributed by atoms with Gasteiger partial charge in [-0.2, -0.15) is 8.78 Å². The number of nitrogens with one attached hydrogen (secondary N) is 1. The van der Waals surface area contributed by atoms with Crippen molar-refractivity contribution in [2.75, 3.05) is 20.8 Å². The standard InChI is InChI=1S/C12H14F5NO5Si/c1-21-24(20,22-2)5-3-4-18-12(19)23-11-9(16)7(14)6(13)8(15)10(11)17/h20H,3-5H2,1-2H3,(H,18,19). The maximum Gasteiger partial charge on any atom is 0.497 e. The van der Waals surface area contributed by atoms with Gasteiger partial charge in [-0.1, -0.05) is 0 Å². The zero-order valence-corrected chi connectivity index (χ0v) is 13.6. The van der Waals surface area contributed by atoms with Gasteiger partial charge in [0.15, 0.2) is 0 Å². The number of carbonyl (C=O) groups is 1. The number of amides is 1. The Hall–Kier alpha value is -1.76. The summed E-state index contributed by atoms with van der Waals surface area (Å²) in [6, 6.07) is 0.0583. The molecule has 2 N–H and O–H groups in total. The number of hydrogen-bond acceptors (Lipinski definition) is 5. The molecular formula is C12H14F5NO5Si. The zero-order valence-electron chi connectivity index (χ0n) is 12.6. The van der Waals surface area contributed by atoms with Gasteiger partial charge in [0, 0.05) is 26.8 Å². The van der Waals surface area contributed by atoms with Gasteiger partial charge in [0.25, 0.3) is 0 Å². The summed E-state index contributed by atoms with van der Waals surface area (Å²) in [6.07, 6.45) is -1.28. The smallest absolute Gasteiger partial charge is 0.404 e. The fourth-order valence-electron chi connectivity index (χ4n) is 1.59. The number of benzene rings is 1. The summed E-state index contributed by atoms with van der Waals surface area (Å²) >= 11 is 0. The Bertz CT molecular complexity index is 585. The number of rotatable bonds is 7. The van der Waals surface area contributed by atoms with Crippen molar-refractivity contribution in [1.29, 1.82) is 0 Å². The second-order valence-corrected chi connectivity index (χ2v) is 7.18. The summed E-state index contributed by atoms with van der Waals surface area (Å²) < 4.78 is 79.0. The van der Waals surface area contributed by atoms with Gasteiger partial charge < -0.3 is 23.7 Å². The Labute approximate surface area is 134 Å². The zero-order chi connectivity index (χ0) is 18.5. The maximum absolute atomic E-state index is 13.3. The Morgan fingerprint density at radius 3 is 1.92 bits per heavy atom. The van der Waals surface area contributed by atoms with Gasteiger partial charge in [-0.3, -0.25) is 0 Å². The predicted molar refractivity (Wildman–Crippen MR) is 71.7 cm³/mol. The van der Waals surface area contributed by atoms with Crippen molar-refractivity contribution >= 4 is 14.9 Å². The average molecular weight is 375 g/mol. The summed E-state index contributed by atoms with van der Waals surface area (Å²) in [5.41, 5.74) is 0. The van der Waals surface area contributed by atoms with E-state index in [0.717, 1.165) is 0 Å². The largest absolute Gasteiger partial charge is 0.497 e. The molecule has 0 aliphatic carbocycles. The van der Waals surface area contributed by atoms with Gasteiger partial charge in [0.2, 0.25) is 34.8 Å². The van der Waals surface area contributed by atoms with Crippen LogP contribution in [0.2, 0.25) is 6.04 Å². The first-order valence-corrected chi connectivity index (χ1v) is 8.43. The highest BCUT2D eigenvalue weighted by Crippen LogP contribution is 2.29. The van der Waals surface area contributed by atoms with Crippen molar-refractivity contribution in [1.82, 2.24) is 5.32 Å². The van der Waals surface area contributed by atoms with E-state index in [1.165, 1.54) is 14.2 Å². The van der Waals surface area contributed by atoms with E-state index in [9.17, 15) is 31.5 Å². The molecule has 0 aliphatic rings. The van der Waals surface area contributed by atoms with E-state index < -0.39 is 49.7 Å². The fourth-order valence-corrected chi connectivity index (χ4v) is 2.79. The minimum atomic E-state index is -3.34. The van der Waals surface area contributed by atoms with E-state index in [0.29, 0.717) is 0 Å². The maximum atomic E-state index is 13.3. The molecule has 0 saturated heterocycles. The van der Waals surface area contributed by atoms with Crippen LogP contribution < -0.4 is 10.1 Å². The monoisotopic (exact) mass is 375 g/mol. The lowest BCUT2D eigenvalue weighted by Crippen LogP contribution is -2.41. The van der Waals surface area contributed by atoms with Crippen molar-refractivity contribution in [2.45, 2.75) is 12.5 Å². The molecule has 1 aromatic carbocycles. The van der Waals surface area contributed by atoms with E-state index in [4.69, 9.17) is 8.85 Å². The second-order valence-electron chi connectivity index (χ2n) is 4.44. The molecule has 0 aromatic heterocycles. The van der Waals surface area contributed by atoms with E-state index in [1.54, 1.807) is 0 Å². The highest BCUT2D eigenvalue weighted by atomic mass is 28.4. The summed E-state index contributed by atoms with van der Waals surface area (Å²) in [5.74, 6) is -13.0. The van der Waals surface area contributed by atoms with Crippen LogP contribution >= 0.6 is 0 Å². The van der Waals surface area contributed by atoms with Crippen LogP contribution in [0.4, 0.5) is 26.7 Å². The molecule has 0 atom stereocenters. The van der Waals surface area contributed by atoms with Gasteiger partial charge in [-0.25, -0.2) is 18.0 Å². The van der Waals surface area contributed by atoms with Crippen LogP contribution in [0.3, 0.4) is 0 Å². The summed E-state index contributed by atoms with van der Waals surface area (Å²) in [4.78, 5) is 21.1. The Kier molecular flexibility index (Phi) is 7.07. The first kappa shape index (κ1) is 20.3. The van der Waals surface area contributed by atoms with Gasteiger partial charge in [0.1, 0.15) is 0 Å². The van der Waals surface area contributed by atoms with E-state index in [-0.39, 0.29) is 19.0 Å². The Morgan fingerprint density at radius 1 is 1.00 bits per heavy atom. The SMILES string of the molecule is CO[Si](O)(CCCNC(=O)Oc1c(F)c(F)c(F)c(F)c1F)OC. The number of hydrogen-bond donors (Lipinski definition) is 2. The van der Waals surface area contributed by atoms with Crippen molar-refractivity contribution in [2.24, 2.45) is 0 Å². The third-order valence-corrected chi connectivity index (χ3v) is 5.20. The topological polar surface area (TPSA) is 77.0 Å². The molecule has 1 aromatic rings. The molecule has 1 amide bonds. The van der Waals surface area contributed by atoms with Gasteiger partial charge in [0.05, 0.1) is 0 Å². The molecular weight excluding hydrogens is 361 g/mol. The minimum Gasteiger partial charge on any atom is -0.404 e. The second kappa shape index (κ2) is 8.37. The molecule has 0 spiro atoms. The van der Waals surface area contributed by atoms with Crippen LogP contribution in [0.1, 0.15) is 6.42 Å². The predicted octanol–water partition coefficient (Wildman–Crippen LogP) is 2.08. The summed E-state index contributed by atoms with van der Waals surface area (Å²) in [5, 5.41) is 2.03.